The number of carbonyl (C=O) groups excluding carboxylic acids is 1. The Morgan fingerprint density at radius 2 is 1.03 bits per heavy atom. The largest absolute Gasteiger partial charge is 0.494 e. The molecule has 0 saturated heterocycles. The van der Waals surface area contributed by atoms with Crippen LogP contribution in [0.4, 0.5) is 0 Å². The van der Waals surface area contributed by atoms with Gasteiger partial charge in [0, 0.05) is 0 Å². The Bertz CT molecular complexity index is 842. The van der Waals surface area contributed by atoms with E-state index in [0.717, 1.165) is 12.2 Å². The molecule has 1 N–H and O–H groups in total. The third-order valence-corrected chi connectivity index (χ3v) is 6.17. The topological polar surface area (TPSA) is 72.8 Å². The Hall–Kier alpha value is -2.82. The van der Waals surface area contributed by atoms with Gasteiger partial charge in [-0.25, -0.2) is 9.59 Å². The van der Waals surface area contributed by atoms with Gasteiger partial charge in [-0.15, -0.1) is 0 Å². The molecule has 0 aliphatic heterocycles. The van der Waals surface area contributed by atoms with Crippen molar-refractivity contribution in [3.63, 3.8) is 0 Å². The molecule has 0 aliphatic carbocycles. The number of carboxylic acids is 1. The summed E-state index contributed by atoms with van der Waals surface area (Å²) in [5, 5.41) is 8.93. The molecule has 0 heterocycles. The van der Waals surface area contributed by atoms with Gasteiger partial charge in [-0.1, -0.05) is 90.4 Å². The lowest BCUT2D eigenvalue weighted by molar-refractivity contribution is 0.0696. The van der Waals surface area contributed by atoms with Crippen LogP contribution in [0.25, 0.3) is 0 Å². The molecule has 35 heavy (non-hydrogen) atoms. The van der Waals surface area contributed by atoms with Crippen LogP contribution < -0.4 is 9.47 Å². The van der Waals surface area contributed by atoms with Gasteiger partial charge >= 0.3 is 11.9 Å². The van der Waals surface area contributed by atoms with Crippen molar-refractivity contribution >= 4 is 11.9 Å². The highest BCUT2D eigenvalue weighted by molar-refractivity contribution is 5.91. The number of benzene rings is 2. The van der Waals surface area contributed by atoms with Crippen LogP contribution in [0, 0.1) is 0 Å². The fourth-order valence-corrected chi connectivity index (χ4v) is 4.01. The summed E-state index contributed by atoms with van der Waals surface area (Å²) in [5.74, 6) is -0.473. The van der Waals surface area contributed by atoms with Crippen LogP contribution in [0.1, 0.15) is 118 Å². The van der Waals surface area contributed by atoms with Crippen LogP contribution >= 0.6 is 0 Å². The van der Waals surface area contributed by atoms with Gasteiger partial charge in [0.25, 0.3) is 0 Å². The second-order valence-corrected chi connectivity index (χ2v) is 9.19. The molecule has 0 aliphatic rings. The summed E-state index contributed by atoms with van der Waals surface area (Å²) in [5.41, 5.74) is 0.557. The van der Waals surface area contributed by atoms with E-state index in [-0.39, 0.29) is 5.56 Å². The molecule has 0 amide bonds. The Kier molecular flexibility index (Phi) is 14.3. The zero-order valence-corrected chi connectivity index (χ0v) is 21.3. The number of esters is 1. The van der Waals surface area contributed by atoms with Gasteiger partial charge in [-0.2, -0.15) is 0 Å². The molecular formula is C30H42O5. The van der Waals surface area contributed by atoms with Crippen LogP contribution in [0.2, 0.25) is 0 Å². The summed E-state index contributed by atoms with van der Waals surface area (Å²) >= 11 is 0. The maximum absolute atomic E-state index is 12.3. The molecule has 5 heteroatoms. The second kappa shape index (κ2) is 17.6. The Morgan fingerprint density at radius 3 is 1.51 bits per heavy atom. The van der Waals surface area contributed by atoms with E-state index < -0.39 is 11.9 Å². The van der Waals surface area contributed by atoms with E-state index in [2.05, 4.69) is 6.92 Å². The lowest BCUT2D eigenvalue weighted by atomic mass is 10.0. The molecule has 0 radical (unpaired) electrons. The van der Waals surface area contributed by atoms with Crippen molar-refractivity contribution in [3.8, 4) is 11.5 Å². The first-order valence-corrected chi connectivity index (χ1v) is 13.4. The van der Waals surface area contributed by atoms with E-state index in [1.807, 2.05) is 0 Å². The number of hydrogen-bond acceptors (Lipinski definition) is 4. The Labute approximate surface area is 210 Å². The van der Waals surface area contributed by atoms with Gasteiger partial charge in [0.1, 0.15) is 11.5 Å². The van der Waals surface area contributed by atoms with Crippen LogP contribution in [0.15, 0.2) is 48.5 Å². The molecule has 2 rings (SSSR count). The molecule has 0 aromatic heterocycles. The van der Waals surface area contributed by atoms with E-state index >= 15 is 0 Å². The van der Waals surface area contributed by atoms with Crippen molar-refractivity contribution in [1.29, 1.82) is 0 Å². The predicted molar refractivity (Wildman–Crippen MR) is 141 cm³/mol. The molecule has 0 atom stereocenters. The molecule has 192 valence electrons. The number of ether oxygens (including phenoxy) is 2. The minimum atomic E-state index is -1.02. The minimum absolute atomic E-state index is 0.144. The monoisotopic (exact) mass is 482 g/mol. The molecule has 0 fully saturated rings. The van der Waals surface area contributed by atoms with Crippen molar-refractivity contribution in [3.05, 3.63) is 59.7 Å². The number of unbranched alkanes of at least 4 members (excludes halogenated alkanes) is 13. The van der Waals surface area contributed by atoms with Gasteiger partial charge in [-0.05, 0) is 55.0 Å². The van der Waals surface area contributed by atoms with Crippen LogP contribution in [-0.2, 0) is 0 Å². The first-order valence-electron chi connectivity index (χ1n) is 13.4. The van der Waals surface area contributed by atoms with Crippen LogP contribution in [0.5, 0.6) is 11.5 Å². The van der Waals surface area contributed by atoms with Crippen molar-refractivity contribution < 1.29 is 24.2 Å². The molecule has 0 unspecified atom stereocenters. The molecular weight excluding hydrogens is 440 g/mol. The van der Waals surface area contributed by atoms with Crippen LogP contribution in [0.3, 0.4) is 0 Å². The number of rotatable bonds is 19. The number of aromatic carboxylic acids is 1. The predicted octanol–water partition coefficient (Wildman–Crippen LogP) is 8.46. The third-order valence-electron chi connectivity index (χ3n) is 6.17. The van der Waals surface area contributed by atoms with Gasteiger partial charge < -0.3 is 14.6 Å². The summed E-state index contributed by atoms with van der Waals surface area (Å²) < 4.78 is 11.1. The fraction of sp³-hybridized carbons (Fsp3) is 0.533. The molecule has 0 spiro atoms. The van der Waals surface area contributed by atoms with Crippen molar-refractivity contribution in [2.75, 3.05) is 6.61 Å². The third kappa shape index (κ3) is 12.4. The Balaban J connectivity index is 1.49. The SMILES string of the molecule is CCCCCCCCCCCCCCCCOc1ccc(C(=O)Oc2ccc(C(=O)O)cc2)cc1. The highest BCUT2D eigenvalue weighted by Gasteiger charge is 2.10. The summed E-state index contributed by atoms with van der Waals surface area (Å²) in [6.45, 7) is 2.95. The fourth-order valence-electron chi connectivity index (χ4n) is 4.01. The average Bonchev–Trinajstić information content (AvgIpc) is 2.87. The molecule has 5 nitrogen and oxygen atoms in total. The molecule has 2 aromatic carbocycles. The summed E-state index contributed by atoms with van der Waals surface area (Å²) in [6.07, 6.45) is 18.7. The quantitative estimate of drug-likeness (QED) is 0.123. The van der Waals surface area contributed by atoms with Crippen molar-refractivity contribution in [2.45, 2.75) is 96.8 Å². The first-order chi connectivity index (χ1) is 17.1. The molecule has 0 saturated carbocycles. The van der Waals surface area contributed by atoms with E-state index in [4.69, 9.17) is 14.6 Å². The van der Waals surface area contributed by atoms with E-state index in [0.29, 0.717) is 17.9 Å². The lowest BCUT2D eigenvalue weighted by Crippen LogP contribution is -2.08. The highest BCUT2D eigenvalue weighted by atomic mass is 16.5. The van der Waals surface area contributed by atoms with Gasteiger partial charge in [0.15, 0.2) is 0 Å². The van der Waals surface area contributed by atoms with Crippen molar-refractivity contribution in [1.82, 2.24) is 0 Å². The second-order valence-electron chi connectivity index (χ2n) is 9.19. The maximum atomic E-state index is 12.3. The van der Waals surface area contributed by atoms with Gasteiger partial charge in [0.2, 0.25) is 0 Å². The van der Waals surface area contributed by atoms with Crippen LogP contribution in [-0.4, -0.2) is 23.7 Å². The molecule has 0 bridgehead atoms. The number of hydrogen-bond donors (Lipinski definition) is 1. The lowest BCUT2D eigenvalue weighted by Gasteiger charge is -2.08. The zero-order chi connectivity index (χ0) is 25.1. The summed E-state index contributed by atoms with van der Waals surface area (Å²) in [6, 6.07) is 12.6. The summed E-state index contributed by atoms with van der Waals surface area (Å²) in [4.78, 5) is 23.2. The van der Waals surface area contributed by atoms with Gasteiger partial charge in [0.05, 0.1) is 17.7 Å². The molecule has 2 aromatic rings. The average molecular weight is 483 g/mol. The number of carbonyl (C=O) groups is 2. The first kappa shape index (κ1) is 28.4. The van der Waals surface area contributed by atoms with Crippen molar-refractivity contribution in [2.24, 2.45) is 0 Å². The van der Waals surface area contributed by atoms with E-state index in [9.17, 15) is 9.59 Å². The Morgan fingerprint density at radius 1 is 0.600 bits per heavy atom. The maximum Gasteiger partial charge on any atom is 0.343 e. The normalized spacial score (nSPS) is 10.8. The minimum Gasteiger partial charge on any atom is -0.494 e. The van der Waals surface area contributed by atoms with Gasteiger partial charge in [-0.3, -0.25) is 0 Å². The number of carboxylic acid groups (broad SMARTS) is 1. The smallest absolute Gasteiger partial charge is 0.343 e. The summed E-state index contributed by atoms with van der Waals surface area (Å²) in [7, 11) is 0. The van der Waals surface area contributed by atoms with E-state index in [1.54, 1.807) is 24.3 Å². The zero-order valence-electron chi connectivity index (χ0n) is 21.3. The highest BCUT2D eigenvalue weighted by Crippen LogP contribution is 2.18. The standard InChI is InChI=1S/C30H42O5/c1-2-3-4-5-6-7-8-9-10-11-12-13-14-15-24-34-27-20-18-26(19-21-27)30(33)35-28-22-16-25(17-23-28)29(31)32/h16-23H,2-15,24H2,1H3,(H,31,32). The van der Waals surface area contributed by atoms with E-state index in [1.165, 1.54) is 108 Å².